The van der Waals surface area contributed by atoms with Gasteiger partial charge < -0.3 is 21.7 Å². The lowest BCUT2D eigenvalue weighted by Gasteiger charge is -2.01. The predicted octanol–water partition coefficient (Wildman–Crippen LogP) is 0.0843. The van der Waals surface area contributed by atoms with Crippen LogP contribution in [0.25, 0.3) is 10.1 Å². The summed E-state index contributed by atoms with van der Waals surface area (Å²) >= 11 is 1.70. The Kier molecular flexibility index (Phi) is 5.09. The SMILES string of the molecule is COc1ccc(C(=O)C[n+]2ccc3sccc3c2)cc1.[Br-]. The number of carbonyl (C=O) groups is 1. The summed E-state index contributed by atoms with van der Waals surface area (Å²) in [6.45, 7) is 0.345. The number of pyridine rings is 1. The van der Waals surface area contributed by atoms with E-state index in [1.165, 1.54) is 10.1 Å². The third-order valence-electron chi connectivity index (χ3n) is 3.19. The molecule has 0 amide bonds. The zero-order valence-corrected chi connectivity index (χ0v) is 13.9. The molecule has 0 saturated heterocycles. The molecule has 0 radical (unpaired) electrons. The number of carbonyl (C=O) groups excluding carboxylic acids is 1. The second kappa shape index (κ2) is 6.83. The minimum absolute atomic E-state index is 0. The van der Waals surface area contributed by atoms with Crippen LogP contribution in [0, 0.1) is 0 Å². The molecule has 0 aliphatic heterocycles. The van der Waals surface area contributed by atoms with Crippen LogP contribution >= 0.6 is 11.3 Å². The molecule has 0 saturated carbocycles. The van der Waals surface area contributed by atoms with Crippen LogP contribution < -0.4 is 26.3 Å². The van der Waals surface area contributed by atoms with E-state index >= 15 is 0 Å². The fourth-order valence-electron chi connectivity index (χ4n) is 2.09. The second-order valence-corrected chi connectivity index (χ2v) is 5.46. The number of halogens is 1. The van der Waals surface area contributed by atoms with Crippen molar-refractivity contribution in [2.75, 3.05) is 7.11 Å². The Balaban J connectivity index is 0.00000161. The van der Waals surface area contributed by atoms with Gasteiger partial charge in [0.15, 0.2) is 12.4 Å². The third-order valence-corrected chi connectivity index (χ3v) is 4.09. The molecule has 1 aromatic carbocycles. The van der Waals surface area contributed by atoms with Gasteiger partial charge in [-0.25, -0.2) is 0 Å². The number of aromatic nitrogens is 1. The van der Waals surface area contributed by atoms with Gasteiger partial charge in [0.2, 0.25) is 12.3 Å². The summed E-state index contributed by atoms with van der Waals surface area (Å²) in [5, 5.41) is 3.22. The van der Waals surface area contributed by atoms with Crippen molar-refractivity contribution in [1.82, 2.24) is 0 Å². The lowest BCUT2D eigenvalue weighted by molar-refractivity contribution is -0.681. The van der Waals surface area contributed by atoms with E-state index in [1.54, 1.807) is 42.7 Å². The van der Waals surface area contributed by atoms with E-state index in [4.69, 9.17) is 4.74 Å². The van der Waals surface area contributed by atoms with Crippen LogP contribution in [0.2, 0.25) is 0 Å². The van der Waals surface area contributed by atoms with Gasteiger partial charge >= 0.3 is 0 Å². The van der Waals surface area contributed by atoms with Gasteiger partial charge in [-0.3, -0.25) is 4.79 Å². The van der Waals surface area contributed by atoms with E-state index in [2.05, 4.69) is 11.4 Å². The van der Waals surface area contributed by atoms with Crippen molar-refractivity contribution in [1.29, 1.82) is 0 Å². The first kappa shape index (κ1) is 15.7. The van der Waals surface area contributed by atoms with Crippen LogP contribution in [0.3, 0.4) is 0 Å². The summed E-state index contributed by atoms with van der Waals surface area (Å²) in [5.74, 6) is 0.848. The van der Waals surface area contributed by atoms with Crippen molar-refractivity contribution in [3.63, 3.8) is 0 Å². The first-order chi connectivity index (χ1) is 9.76. The molecule has 2 heterocycles. The lowest BCUT2D eigenvalue weighted by atomic mass is 10.1. The summed E-state index contributed by atoms with van der Waals surface area (Å²) < 4.78 is 8.24. The molecule has 5 heteroatoms. The van der Waals surface area contributed by atoms with Gasteiger partial charge in [-0.1, -0.05) is 0 Å². The van der Waals surface area contributed by atoms with E-state index in [-0.39, 0.29) is 22.8 Å². The quantitative estimate of drug-likeness (QED) is 0.485. The number of hydrogen-bond donors (Lipinski definition) is 0. The topological polar surface area (TPSA) is 30.2 Å². The number of nitrogens with zero attached hydrogens (tertiary/aromatic N) is 1. The van der Waals surface area contributed by atoms with Crippen molar-refractivity contribution >= 4 is 27.2 Å². The zero-order valence-electron chi connectivity index (χ0n) is 11.5. The predicted molar refractivity (Wildman–Crippen MR) is 79.3 cm³/mol. The molecule has 3 nitrogen and oxygen atoms in total. The Bertz CT molecular complexity index is 752. The molecule has 0 spiro atoms. The molecule has 21 heavy (non-hydrogen) atoms. The fourth-order valence-corrected chi connectivity index (χ4v) is 2.85. The molecule has 0 N–H and O–H groups in total. The number of fused-ring (bicyclic) bond motifs is 1. The van der Waals surface area contributed by atoms with Crippen molar-refractivity contribution in [2.24, 2.45) is 0 Å². The molecular weight excluding hydrogens is 350 g/mol. The molecule has 3 rings (SSSR count). The van der Waals surface area contributed by atoms with Gasteiger partial charge in [0.05, 0.1) is 12.5 Å². The Morgan fingerprint density at radius 2 is 1.95 bits per heavy atom. The Morgan fingerprint density at radius 3 is 2.67 bits per heavy atom. The molecule has 2 aromatic heterocycles. The highest BCUT2D eigenvalue weighted by Gasteiger charge is 2.13. The molecule has 0 unspecified atom stereocenters. The van der Waals surface area contributed by atoms with Crippen LogP contribution in [-0.2, 0) is 6.54 Å². The molecular formula is C16H14BrNO2S. The standard InChI is InChI=1S/C16H14NO2S.BrH/c1-19-14-4-2-12(3-5-14)15(18)11-17-8-6-16-13(10-17)7-9-20-16;/h2-10H,11H2,1H3;1H/q+1;/p-1. The fraction of sp³-hybridized carbons (Fsp3) is 0.125. The molecule has 0 bridgehead atoms. The number of ketones is 1. The zero-order chi connectivity index (χ0) is 13.9. The molecule has 108 valence electrons. The lowest BCUT2D eigenvalue weighted by Crippen LogP contribution is -3.00. The highest BCUT2D eigenvalue weighted by Crippen LogP contribution is 2.17. The van der Waals surface area contributed by atoms with Gasteiger partial charge in [0, 0.05) is 16.3 Å². The number of thiophene rings is 1. The normalized spacial score (nSPS) is 10.1. The van der Waals surface area contributed by atoms with E-state index < -0.39 is 0 Å². The number of hydrogen-bond acceptors (Lipinski definition) is 3. The molecule has 0 fully saturated rings. The van der Waals surface area contributed by atoms with Gasteiger partial charge in [-0.05, 0) is 35.7 Å². The maximum Gasteiger partial charge on any atom is 0.227 e. The van der Waals surface area contributed by atoms with Crippen molar-refractivity contribution < 1.29 is 31.1 Å². The Morgan fingerprint density at radius 1 is 1.19 bits per heavy atom. The maximum absolute atomic E-state index is 12.2. The summed E-state index contributed by atoms with van der Waals surface area (Å²) in [7, 11) is 1.61. The van der Waals surface area contributed by atoms with Gasteiger partial charge in [0.1, 0.15) is 5.75 Å². The molecule has 0 atom stereocenters. The maximum atomic E-state index is 12.2. The van der Waals surface area contributed by atoms with E-state index in [1.807, 2.05) is 23.0 Å². The highest BCUT2D eigenvalue weighted by atomic mass is 79.9. The molecule has 0 aliphatic carbocycles. The number of rotatable bonds is 4. The van der Waals surface area contributed by atoms with Crippen molar-refractivity contribution in [3.8, 4) is 5.75 Å². The highest BCUT2D eigenvalue weighted by molar-refractivity contribution is 7.17. The third kappa shape index (κ3) is 3.49. The first-order valence-corrected chi connectivity index (χ1v) is 7.18. The minimum atomic E-state index is 0. The van der Waals surface area contributed by atoms with Gasteiger partial charge in [-0.2, -0.15) is 4.57 Å². The van der Waals surface area contributed by atoms with Gasteiger partial charge in [0.25, 0.3) is 0 Å². The first-order valence-electron chi connectivity index (χ1n) is 6.30. The summed E-state index contributed by atoms with van der Waals surface area (Å²) in [6, 6.07) is 11.3. The van der Waals surface area contributed by atoms with Crippen molar-refractivity contribution in [3.05, 3.63) is 59.7 Å². The average Bonchev–Trinajstić information content (AvgIpc) is 2.95. The second-order valence-electron chi connectivity index (χ2n) is 4.51. The van der Waals surface area contributed by atoms with E-state index in [0.717, 1.165) is 5.75 Å². The smallest absolute Gasteiger partial charge is 0.227 e. The van der Waals surface area contributed by atoms with Crippen LogP contribution in [-0.4, -0.2) is 12.9 Å². The summed E-state index contributed by atoms with van der Waals surface area (Å²) in [4.78, 5) is 12.2. The van der Waals surface area contributed by atoms with Crippen LogP contribution in [0.15, 0.2) is 54.2 Å². The Hall–Kier alpha value is -1.72. The van der Waals surface area contributed by atoms with Gasteiger partial charge in [-0.15, -0.1) is 11.3 Å². The van der Waals surface area contributed by atoms with E-state index in [9.17, 15) is 4.79 Å². The summed E-state index contributed by atoms with van der Waals surface area (Å²) in [5.41, 5.74) is 0.698. The average molecular weight is 364 g/mol. The summed E-state index contributed by atoms with van der Waals surface area (Å²) in [6.07, 6.45) is 3.95. The number of ether oxygens (including phenoxy) is 1. The minimum Gasteiger partial charge on any atom is -1.00 e. The molecule has 0 aliphatic rings. The van der Waals surface area contributed by atoms with E-state index in [0.29, 0.717) is 12.1 Å². The Labute approximate surface area is 137 Å². The van der Waals surface area contributed by atoms with Crippen LogP contribution in [0.5, 0.6) is 5.75 Å². The monoisotopic (exact) mass is 363 g/mol. The van der Waals surface area contributed by atoms with Crippen LogP contribution in [0.1, 0.15) is 10.4 Å². The van der Waals surface area contributed by atoms with Crippen LogP contribution in [0.4, 0.5) is 0 Å². The van der Waals surface area contributed by atoms with Crippen molar-refractivity contribution in [2.45, 2.75) is 6.54 Å². The number of benzene rings is 1. The largest absolute Gasteiger partial charge is 1.00 e. The molecule has 3 aromatic rings. The number of Topliss-reactive ketones (excluding diaryl/α,β-unsaturated/α-hetero) is 1. The number of methoxy groups -OCH3 is 1.